The molecule has 170 valence electrons. The molecule has 0 radical (unpaired) electrons. The first kappa shape index (κ1) is 23.4. The summed E-state index contributed by atoms with van der Waals surface area (Å²) in [6.45, 7) is 4.37. The number of hydrogen-bond donors (Lipinski definition) is 2. The van der Waals surface area contributed by atoms with Gasteiger partial charge in [-0.1, -0.05) is 31.5 Å². The molecule has 9 nitrogen and oxygen atoms in total. The molecule has 3 rings (SSSR count). The highest BCUT2D eigenvalue weighted by molar-refractivity contribution is 7.99. The van der Waals surface area contributed by atoms with Gasteiger partial charge in [0, 0.05) is 24.4 Å². The van der Waals surface area contributed by atoms with E-state index in [4.69, 9.17) is 10.2 Å². The Hall–Kier alpha value is -3.27. The minimum absolute atomic E-state index is 0.0106. The highest BCUT2D eigenvalue weighted by Crippen LogP contribution is 2.22. The van der Waals surface area contributed by atoms with E-state index >= 15 is 0 Å². The summed E-state index contributed by atoms with van der Waals surface area (Å²) >= 11 is 1.36. The highest BCUT2D eigenvalue weighted by atomic mass is 32.2. The molecule has 3 aromatic rings. The number of aromatic nitrogens is 3. The summed E-state index contributed by atoms with van der Waals surface area (Å²) in [5, 5.41) is 0. The van der Waals surface area contributed by atoms with E-state index in [0.717, 1.165) is 24.1 Å². The Kier molecular flexibility index (Phi) is 7.93. The summed E-state index contributed by atoms with van der Waals surface area (Å²) in [5.41, 5.74) is 6.52. The number of hydrogen-bond acceptors (Lipinski definition) is 7. The number of nitrogens with zero attached hydrogens (tertiary/aromatic N) is 3. The van der Waals surface area contributed by atoms with Crippen molar-refractivity contribution in [3.63, 3.8) is 0 Å². The maximum atomic E-state index is 12.9. The summed E-state index contributed by atoms with van der Waals surface area (Å²) in [7, 11) is 0. The molecule has 0 bridgehead atoms. The van der Waals surface area contributed by atoms with Crippen molar-refractivity contribution in [1.29, 1.82) is 0 Å². The lowest BCUT2D eigenvalue weighted by Gasteiger charge is -2.23. The zero-order valence-corrected chi connectivity index (χ0v) is 19.0. The van der Waals surface area contributed by atoms with Gasteiger partial charge in [-0.05, 0) is 25.5 Å². The Labute approximate surface area is 189 Å². The van der Waals surface area contributed by atoms with Gasteiger partial charge in [0.15, 0.2) is 5.69 Å². The summed E-state index contributed by atoms with van der Waals surface area (Å²) < 4.78 is 6.83. The number of aromatic amines is 1. The second kappa shape index (κ2) is 10.9. The summed E-state index contributed by atoms with van der Waals surface area (Å²) in [5.74, 6) is 0.852. The van der Waals surface area contributed by atoms with Crippen LogP contribution in [0.4, 0.5) is 11.5 Å². The monoisotopic (exact) mass is 457 g/mol. The van der Waals surface area contributed by atoms with E-state index in [1.54, 1.807) is 13.2 Å². The van der Waals surface area contributed by atoms with Crippen molar-refractivity contribution in [2.24, 2.45) is 0 Å². The second-order valence-corrected chi connectivity index (χ2v) is 8.12. The van der Waals surface area contributed by atoms with Crippen LogP contribution in [0, 0.1) is 0 Å². The highest BCUT2D eigenvalue weighted by Gasteiger charge is 2.23. The quantitative estimate of drug-likeness (QED) is 0.479. The molecule has 0 unspecified atom stereocenters. The number of carbonyl (C=O) groups is 1. The average Bonchev–Trinajstić information content (AvgIpc) is 3.26. The SMILES string of the molecule is CCCCn1c(N)c(N(CC)C(=O)CSCc2coc(-c3ccccc3)n2)c(=O)[nH]c1=O. The molecule has 0 aliphatic rings. The van der Waals surface area contributed by atoms with Crippen LogP contribution in [0.3, 0.4) is 0 Å². The van der Waals surface area contributed by atoms with Gasteiger partial charge in [-0.15, -0.1) is 11.8 Å². The van der Waals surface area contributed by atoms with Gasteiger partial charge in [0.05, 0.1) is 11.4 Å². The minimum atomic E-state index is -0.663. The van der Waals surface area contributed by atoms with Crippen LogP contribution in [0.1, 0.15) is 32.4 Å². The maximum absolute atomic E-state index is 12.9. The van der Waals surface area contributed by atoms with Crippen LogP contribution in [0.5, 0.6) is 0 Å². The molecule has 2 aromatic heterocycles. The number of carbonyl (C=O) groups excluding carboxylic acids is 1. The largest absolute Gasteiger partial charge is 0.444 e. The van der Waals surface area contributed by atoms with Crippen LogP contribution in [0.2, 0.25) is 0 Å². The fourth-order valence-electron chi connectivity index (χ4n) is 3.24. The lowest BCUT2D eigenvalue weighted by molar-refractivity contribution is -0.116. The molecule has 0 saturated heterocycles. The molecule has 2 heterocycles. The maximum Gasteiger partial charge on any atom is 0.330 e. The van der Waals surface area contributed by atoms with Crippen molar-refractivity contribution in [2.75, 3.05) is 22.9 Å². The number of oxazole rings is 1. The number of anilines is 2. The Morgan fingerprint density at radius 1 is 1.25 bits per heavy atom. The smallest absolute Gasteiger partial charge is 0.330 e. The lowest BCUT2D eigenvalue weighted by atomic mass is 10.2. The topological polar surface area (TPSA) is 127 Å². The van der Waals surface area contributed by atoms with Crippen LogP contribution in [-0.4, -0.2) is 32.7 Å². The van der Waals surface area contributed by atoms with Crippen LogP contribution in [0.15, 0.2) is 50.6 Å². The molecule has 3 N–H and O–H groups in total. The van der Waals surface area contributed by atoms with Crippen molar-refractivity contribution >= 4 is 29.2 Å². The van der Waals surface area contributed by atoms with Gasteiger partial charge in [0.25, 0.3) is 5.56 Å². The zero-order valence-electron chi connectivity index (χ0n) is 18.2. The molecule has 1 aromatic carbocycles. The van der Waals surface area contributed by atoms with E-state index < -0.39 is 11.2 Å². The average molecular weight is 458 g/mol. The summed E-state index contributed by atoms with van der Waals surface area (Å²) in [6, 6.07) is 9.55. The molecule has 0 atom stereocenters. The van der Waals surface area contributed by atoms with Gasteiger partial charge in [0.1, 0.15) is 12.1 Å². The van der Waals surface area contributed by atoms with Crippen molar-refractivity contribution < 1.29 is 9.21 Å². The van der Waals surface area contributed by atoms with E-state index in [0.29, 0.717) is 18.2 Å². The Morgan fingerprint density at radius 3 is 2.69 bits per heavy atom. The standard InChI is InChI=1S/C22H27N5O4S/c1-3-5-11-27-19(23)18(20(29)25-22(27)30)26(4-2)17(28)14-32-13-16-12-31-21(24-16)15-9-7-6-8-10-15/h6-10,12H,3-5,11,13-14,23H2,1-2H3,(H,25,29,30). The van der Waals surface area contributed by atoms with Gasteiger partial charge >= 0.3 is 5.69 Å². The number of nitrogens with two attached hydrogens (primary N) is 1. The van der Waals surface area contributed by atoms with Gasteiger partial charge in [-0.25, -0.2) is 9.78 Å². The van der Waals surface area contributed by atoms with E-state index in [1.165, 1.54) is 21.2 Å². The number of rotatable bonds is 10. The van der Waals surface area contributed by atoms with Gasteiger partial charge in [-0.2, -0.15) is 0 Å². The summed E-state index contributed by atoms with van der Waals surface area (Å²) in [4.78, 5) is 45.5. The van der Waals surface area contributed by atoms with Gasteiger partial charge in [-0.3, -0.25) is 19.1 Å². The predicted octanol–water partition coefficient (Wildman–Crippen LogP) is 2.86. The molecule has 10 heteroatoms. The third-order valence-electron chi connectivity index (χ3n) is 4.88. The Bertz CT molecular complexity index is 1170. The minimum Gasteiger partial charge on any atom is -0.444 e. The first-order valence-electron chi connectivity index (χ1n) is 10.5. The zero-order chi connectivity index (χ0) is 23.1. The van der Waals surface area contributed by atoms with Crippen molar-refractivity contribution in [3.8, 4) is 11.5 Å². The van der Waals surface area contributed by atoms with Gasteiger partial charge in [0.2, 0.25) is 11.8 Å². The number of thioether (sulfide) groups is 1. The fourth-order valence-corrected chi connectivity index (χ4v) is 4.02. The van der Waals surface area contributed by atoms with Gasteiger partial charge < -0.3 is 15.1 Å². The third-order valence-corrected chi connectivity index (χ3v) is 5.84. The third kappa shape index (κ3) is 5.31. The number of H-pyrrole nitrogens is 1. The molecular formula is C22H27N5O4S. The first-order valence-corrected chi connectivity index (χ1v) is 11.6. The van der Waals surface area contributed by atoms with Crippen LogP contribution in [-0.2, 0) is 17.1 Å². The second-order valence-electron chi connectivity index (χ2n) is 7.14. The number of benzene rings is 1. The predicted molar refractivity (Wildman–Crippen MR) is 127 cm³/mol. The Balaban J connectivity index is 1.69. The fraction of sp³-hybridized carbons (Fsp3) is 0.364. The molecule has 0 saturated carbocycles. The molecule has 0 aliphatic carbocycles. The number of amides is 1. The van der Waals surface area contributed by atoms with Crippen LogP contribution >= 0.6 is 11.8 Å². The molecular weight excluding hydrogens is 430 g/mol. The van der Waals surface area contributed by atoms with Crippen molar-refractivity contribution in [1.82, 2.24) is 14.5 Å². The molecule has 0 fully saturated rings. The van der Waals surface area contributed by atoms with E-state index in [-0.39, 0.29) is 29.7 Å². The first-order chi connectivity index (χ1) is 15.5. The molecule has 32 heavy (non-hydrogen) atoms. The summed E-state index contributed by atoms with van der Waals surface area (Å²) in [6.07, 6.45) is 3.17. The van der Waals surface area contributed by atoms with Crippen molar-refractivity contribution in [2.45, 2.75) is 39.0 Å². The number of unbranched alkanes of at least 4 members (excludes halogenated alkanes) is 1. The Morgan fingerprint density at radius 2 is 2.00 bits per heavy atom. The number of nitrogens with one attached hydrogen (secondary N) is 1. The van der Waals surface area contributed by atoms with E-state index in [9.17, 15) is 14.4 Å². The molecule has 1 amide bonds. The molecule has 0 spiro atoms. The number of nitrogen functional groups attached to an aromatic ring is 1. The van der Waals surface area contributed by atoms with E-state index in [2.05, 4.69) is 9.97 Å². The van der Waals surface area contributed by atoms with Crippen molar-refractivity contribution in [3.05, 3.63) is 63.1 Å². The molecule has 0 aliphatic heterocycles. The normalized spacial score (nSPS) is 10.9. The van der Waals surface area contributed by atoms with E-state index in [1.807, 2.05) is 37.3 Å². The van der Waals surface area contributed by atoms with Crippen LogP contribution in [0.25, 0.3) is 11.5 Å². The lowest BCUT2D eigenvalue weighted by Crippen LogP contribution is -2.41. The van der Waals surface area contributed by atoms with Crippen LogP contribution < -0.4 is 21.9 Å².